The van der Waals surface area contributed by atoms with Gasteiger partial charge in [-0.1, -0.05) is 0 Å². The molecule has 0 atom stereocenters. The van der Waals surface area contributed by atoms with Crippen molar-refractivity contribution in [1.82, 2.24) is 0 Å². The first-order valence-electron chi connectivity index (χ1n) is 1.38. The van der Waals surface area contributed by atoms with Gasteiger partial charge in [-0.05, 0) is 6.92 Å². The summed E-state index contributed by atoms with van der Waals surface area (Å²) >= 11 is 0. The third-order valence-electron chi connectivity index (χ3n) is 0. The van der Waals surface area contributed by atoms with Gasteiger partial charge >= 0.3 is 23.1 Å². The molecule has 0 aliphatic rings. The fourth-order valence-corrected chi connectivity index (χ4v) is 0. The van der Waals surface area contributed by atoms with E-state index >= 15 is 0 Å². The first-order valence-corrected chi connectivity index (χ1v) is 1.38. The number of carbonyl (C=O) groups is 2. The molecule has 0 unspecified atom stereocenters. The van der Waals surface area contributed by atoms with Crippen molar-refractivity contribution in [3.05, 3.63) is 0 Å². The molecule has 42 valence electrons. The molecule has 0 fully saturated rings. The Morgan fingerprint density at radius 1 is 1.62 bits per heavy atom. The molecule has 0 aliphatic heterocycles. The molecular weight excluding hydrogens is 124 g/mol. The predicted molar refractivity (Wildman–Crippen MR) is 22.5 cm³/mol. The van der Waals surface area contributed by atoms with Gasteiger partial charge in [0.1, 0.15) is 0 Å². The van der Waals surface area contributed by atoms with E-state index in [-0.39, 0.29) is 23.1 Å². The van der Waals surface area contributed by atoms with Crippen molar-refractivity contribution in [3.63, 3.8) is 0 Å². The zero-order valence-electron chi connectivity index (χ0n) is 4.42. The molecule has 0 aliphatic carbocycles. The Balaban J connectivity index is -0.0000000575. The molecule has 0 bridgehead atoms. The summed E-state index contributed by atoms with van der Waals surface area (Å²) in [5.41, 5.74) is 0. The minimum absolute atomic E-state index is 0. The predicted octanol–water partition coefficient (Wildman–Crippen LogP) is -3.26. The first kappa shape index (κ1) is 15.6. The first-order chi connectivity index (χ1) is 3.15. The van der Waals surface area contributed by atoms with Gasteiger partial charge in [0.05, 0.1) is 0 Å². The van der Waals surface area contributed by atoms with E-state index in [9.17, 15) is 0 Å². The Morgan fingerprint density at radius 2 is 1.62 bits per heavy atom. The van der Waals surface area contributed by atoms with Crippen molar-refractivity contribution >= 4 is 35.5 Å². The minimum Gasteiger partial charge on any atom is -0.554 e. The summed E-state index contributed by atoms with van der Waals surface area (Å²) in [5.74, 6) is -1.08. The molecule has 0 N–H and O–H groups in total. The van der Waals surface area contributed by atoms with Crippen LogP contribution in [0, 0.1) is 0 Å². The van der Waals surface area contributed by atoms with Gasteiger partial charge in [0, 0.05) is 12.4 Å². The Kier molecular flexibility index (Phi) is 31.1. The molecule has 4 nitrogen and oxygen atoms in total. The number of carboxylic acids is 1. The Bertz CT molecular complexity index is 58.3. The fourth-order valence-electron chi connectivity index (χ4n) is 0. The van der Waals surface area contributed by atoms with E-state index in [4.69, 9.17) is 19.8 Å². The van der Waals surface area contributed by atoms with E-state index in [1.807, 2.05) is 0 Å². The van der Waals surface area contributed by atoms with Gasteiger partial charge in [0.15, 0.2) is 0 Å². The van der Waals surface area contributed by atoms with Gasteiger partial charge in [-0.2, -0.15) is 0 Å². The van der Waals surface area contributed by atoms with Crippen LogP contribution in [0.4, 0.5) is 0 Å². The molecule has 0 aromatic heterocycles. The molecule has 5 heteroatoms. The van der Waals surface area contributed by atoms with Crippen LogP contribution in [-0.2, 0) is 9.59 Å². The summed E-state index contributed by atoms with van der Waals surface area (Å²) in [7, 11) is 0. The summed E-state index contributed by atoms with van der Waals surface area (Å²) in [6, 6.07) is 0. The second-order valence-corrected chi connectivity index (χ2v) is 0.588. The quantitative estimate of drug-likeness (QED) is 0.253. The number of aliphatic carboxylic acids is 1. The van der Waals surface area contributed by atoms with Crippen molar-refractivity contribution in [2.45, 2.75) is 6.92 Å². The van der Waals surface area contributed by atoms with Crippen molar-refractivity contribution in [2.75, 3.05) is 0 Å². The molecule has 0 spiro atoms. The third-order valence-corrected chi connectivity index (χ3v) is 0. The van der Waals surface area contributed by atoms with Crippen LogP contribution in [0.25, 0.3) is 0 Å². The average molecular weight is 128 g/mol. The maximum Gasteiger partial charge on any atom is 2.00 e. The largest absolute Gasteiger partial charge is 2.00 e. The van der Waals surface area contributed by atoms with Gasteiger partial charge in [-0.15, -0.1) is 0 Å². The van der Waals surface area contributed by atoms with Crippen LogP contribution in [0.5, 0.6) is 0 Å². The third kappa shape index (κ3) is 1460. The van der Waals surface area contributed by atoms with Gasteiger partial charge in [0.2, 0.25) is 0 Å². The van der Waals surface area contributed by atoms with Crippen LogP contribution in [0.3, 0.4) is 0 Å². The molecular formula is C3H4MgO4. The van der Waals surface area contributed by atoms with Crippen molar-refractivity contribution in [2.24, 2.45) is 0 Å². The topological polar surface area (TPSA) is 80.3 Å². The smallest absolute Gasteiger partial charge is 0.554 e. The summed E-state index contributed by atoms with van der Waals surface area (Å²) in [5, 5.41) is 17.1. The normalized spacial score (nSPS) is 4.62. The standard InChI is InChI=1S/C2H4O2.CH2O2.Mg/c1-2(3)4;2-1-3;/h1H3,(H,3,4);1H,(H,2,3);/q;;+2/p-2. The molecule has 8 heavy (non-hydrogen) atoms. The van der Waals surface area contributed by atoms with E-state index in [1.165, 1.54) is 0 Å². The Hall–Kier alpha value is -0.294. The zero-order chi connectivity index (χ0) is 6.28. The maximum absolute atomic E-state index is 8.89. The average Bonchev–Trinajstić information content (AvgIpc) is 1.33. The van der Waals surface area contributed by atoms with E-state index in [1.54, 1.807) is 0 Å². The van der Waals surface area contributed by atoms with Crippen LogP contribution in [0.2, 0.25) is 0 Å². The van der Waals surface area contributed by atoms with Gasteiger partial charge in [0.25, 0.3) is 0 Å². The van der Waals surface area contributed by atoms with Gasteiger partial charge in [-0.25, -0.2) is 0 Å². The fraction of sp³-hybridized carbons (Fsp3) is 0.333. The Labute approximate surface area is 62.7 Å². The monoisotopic (exact) mass is 128 g/mol. The molecule has 0 amide bonds. The van der Waals surface area contributed by atoms with E-state index in [0.29, 0.717) is 0 Å². The number of rotatable bonds is 0. The van der Waals surface area contributed by atoms with Gasteiger partial charge < -0.3 is 19.8 Å². The van der Waals surface area contributed by atoms with Crippen LogP contribution in [-0.4, -0.2) is 35.5 Å². The molecule has 0 aromatic rings. The van der Waals surface area contributed by atoms with Crippen molar-refractivity contribution < 1.29 is 19.8 Å². The van der Waals surface area contributed by atoms with Crippen molar-refractivity contribution in [3.8, 4) is 0 Å². The second-order valence-electron chi connectivity index (χ2n) is 0.588. The van der Waals surface area contributed by atoms with Crippen LogP contribution >= 0.6 is 0 Å². The second kappa shape index (κ2) is 15.9. The number of carboxylic acid groups (broad SMARTS) is 2. The van der Waals surface area contributed by atoms with Crippen LogP contribution in [0.15, 0.2) is 0 Å². The summed E-state index contributed by atoms with van der Waals surface area (Å²) in [4.78, 5) is 17.1. The molecule has 0 radical (unpaired) electrons. The molecule has 0 aromatic carbocycles. The van der Waals surface area contributed by atoms with E-state index in [2.05, 4.69) is 0 Å². The summed E-state index contributed by atoms with van der Waals surface area (Å²) in [6.07, 6.45) is 0. The SMILES string of the molecule is CC(=O)[O-].O=C[O-].[Mg+2]. The van der Waals surface area contributed by atoms with Crippen molar-refractivity contribution in [1.29, 1.82) is 0 Å². The summed E-state index contributed by atoms with van der Waals surface area (Å²) in [6.45, 7) is 0.472. The zero-order valence-corrected chi connectivity index (χ0v) is 5.83. The molecule has 0 saturated heterocycles. The Morgan fingerprint density at radius 3 is 1.62 bits per heavy atom. The minimum atomic E-state index is -1.08. The molecule has 0 rings (SSSR count). The summed E-state index contributed by atoms with van der Waals surface area (Å²) < 4.78 is 0. The molecule has 0 saturated carbocycles. The van der Waals surface area contributed by atoms with Gasteiger partial charge in [-0.3, -0.25) is 0 Å². The van der Waals surface area contributed by atoms with Crippen LogP contribution < -0.4 is 10.2 Å². The number of carbonyl (C=O) groups excluding carboxylic acids is 2. The maximum atomic E-state index is 8.89. The number of hydrogen-bond donors (Lipinski definition) is 0. The van der Waals surface area contributed by atoms with E-state index < -0.39 is 12.4 Å². The van der Waals surface area contributed by atoms with Crippen LogP contribution in [0.1, 0.15) is 6.92 Å². The van der Waals surface area contributed by atoms with E-state index in [0.717, 1.165) is 6.92 Å². The molecule has 0 heterocycles. The number of hydrogen-bond acceptors (Lipinski definition) is 4.